The van der Waals surface area contributed by atoms with E-state index in [1.54, 1.807) is 7.11 Å². The van der Waals surface area contributed by atoms with Gasteiger partial charge < -0.3 is 9.57 Å². The van der Waals surface area contributed by atoms with Gasteiger partial charge in [-0.05, 0) is 24.1 Å². The summed E-state index contributed by atoms with van der Waals surface area (Å²) in [5.74, 6) is -0.827. The van der Waals surface area contributed by atoms with Gasteiger partial charge in [-0.2, -0.15) is 0 Å². The number of hydroxylamine groups is 2. The molecule has 0 atom stereocenters. The molecular formula is C14H15NO5. The highest BCUT2D eigenvalue weighted by Crippen LogP contribution is 2.16. The average Bonchev–Trinajstić information content (AvgIpc) is 2.77. The van der Waals surface area contributed by atoms with E-state index in [-0.39, 0.29) is 19.3 Å². The Labute approximate surface area is 116 Å². The fourth-order valence-corrected chi connectivity index (χ4v) is 1.88. The van der Waals surface area contributed by atoms with Crippen LogP contribution in [0.25, 0.3) is 0 Å². The molecule has 0 bridgehead atoms. The molecule has 0 aliphatic carbocycles. The number of benzene rings is 1. The van der Waals surface area contributed by atoms with Crippen molar-refractivity contribution in [3.63, 3.8) is 0 Å². The Morgan fingerprint density at radius 2 is 1.95 bits per heavy atom. The van der Waals surface area contributed by atoms with E-state index in [1.165, 1.54) is 0 Å². The Kier molecular flexibility index (Phi) is 4.34. The molecule has 6 heteroatoms. The molecule has 20 heavy (non-hydrogen) atoms. The minimum absolute atomic E-state index is 0.0875. The largest absolute Gasteiger partial charge is 0.497 e. The number of ether oxygens (including phenoxy) is 1. The fraction of sp³-hybridized carbons (Fsp3) is 0.357. The summed E-state index contributed by atoms with van der Waals surface area (Å²) in [6, 6.07) is 7.32. The van der Waals surface area contributed by atoms with E-state index in [9.17, 15) is 14.4 Å². The second-order valence-electron chi connectivity index (χ2n) is 4.40. The van der Waals surface area contributed by atoms with Gasteiger partial charge in [-0.25, -0.2) is 4.79 Å². The lowest BCUT2D eigenvalue weighted by Gasteiger charge is -2.12. The van der Waals surface area contributed by atoms with Crippen LogP contribution in [0.15, 0.2) is 24.3 Å². The first-order valence-electron chi connectivity index (χ1n) is 6.29. The van der Waals surface area contributed by atoms with Crippen LogP contribution in [0.4, 0.5) is 0 Å². The molecule has 1 aliphatic rings. The number of carbonyl (C=O) groups excluding carboxylic acids is 3. The van der Waals surface area contributed by atoms with Crippen LogP contribution in [0.1, 0.15) is 24.8 Å². The second-order valence-corrected chi connectivity index (χ2v) is 4.40. The smallest absolute Gasteiger partial charge is 0.333 e. The third-order valence-corrected chi connectivity index (χ3v) is 2.95. The monoisotopic (exact) mass is 277 g/mol. The first-order valence-corrected chi connectivity index (χ1v) is 6.29. The summed E-state index contributed by atoms with van der Waals surface area (Å²) in [4.78, 5) is 39.0. The Morgan fingerprint density at radius 1 is 1.25 bits per heavy atom. The van der Waals surface area contributed by atoms with Gasteiger partial charge in [-0.3, -0.25) is 9.59 Å². The zero-order valence-corrected chi connectivity index (χ0v) is 11.1. The molecule has 106 valence electrons. The van der Waals surface area contributed by atoms with Gasteiger partial charge in [0.15, 0.2) is 0 Å². The summed E-state index contributed by atoms with van der Waals surface area (Å²) < 4.78 is 5.08. The molecule has 1 saturated heterocycles. The third kappa shape index (κ3) is 3.34. The van der Waals surface area contributed by atoms with Crippen molar-refractivity contribution in [1.82, 2.24) is 5.06 Å². The number of hydrogen-bond donors (Lipinski definition) is 0. The molecule has 1 heterocycles. The molecule has 0 aromatic heterocycles. The number of methoxy groups -OCH3 is 1. The molecule has 2 rings (SSSR count). The number of rotatable bonds is 5. The van der Waals surface area contributed by atoms with Gasteiger partial charge in [-0.15, -0.1) is 5.06 Å². The third-order valence-electron chi connectivity index (χ3n) is 2.95. The number of nitrogens with zero attached hydrogens (tertiary/aromatic N) is 1. The predicted molar refractivity (Wildman–Crippen MR) is 68.5 cm³/mol. The minimum Gasteiger partial charge on any atom is -0.497 e. The van der Waals surface area contributed by atoms with Crippen LogP contribution in [0.3, 0.4) is 0 Å². The maximum Gasteiger partial charge on any atom is 0.333 e. The molecule has 1 aromatic rings. The van der Waals surface area contributed by atoms with Gasteiger partial charge in [-0.1, -0.05) is 12.1 Å². The van der Waals surface area contributed by atoms with Crippen molar-refractivity contribution in [2.45, 2.75) is 25.7 Å². The lowest BCUT2D eigenvalue weighted by Crippen LogP contribution is -2.32. The Bertz CT molecular complexity index is 524. The molecule has 0 saturated carbocycles. The van der Waals surface area contributed by atoms with Crippen LogP contribution in [-0.4, -0.2) is 30.0 Å². The number of imide groups is 1. The first-order chi connectivity index (χ1) is 9.60. The Hall–Kier alpha value is -2.37. The Morgan fingerprint density at radius 3 is 2.60 bits per heavy atom. The highest BCUT2D eigenvalue weighted by Gasteiger charge is 2.32. The lowest BCUT2D eigenvalue weighted by atomic mass is 10.1. The van der Waals surface area contributed by atoms with Gasteiger partial charge in [0.05, 0.1) is 13.5 Å². The van der Waals surface area contributed by atoms with Gasteiger partial charge >= 0.3 is 5.97 Å². The van der Waals surface area contributed by atoms with E-state index in [0.29, 0.717) is 17.2 Å². The molecule has 1 fully saturated rings. The maximum absolute atomic E-state index is 11.6. The van der Waals surface area contributed by atoms with E-state index >= 15 is 0 Å². The number of aryl methyl sites for hydroxylation is 1. The van der Waals surface area contributed by atoms with Crippen molar-refractivity contribution >= 4 is 17.8 Å². The highest BCUT2D eigenvalue weighted by atomic mass is 16.7. The van der Waals surface area contributed by atoms with Crippen LogP contribution in [0.2, 0.25) is 0 Å². The number of amides is 2. The van der Waals surface area contributed by atoms with E-state index in [4.69, 9.17) is 9.57 Å². The van der Waals surface area contributed by atoms with Gasteiger partial charge in [0.25, 0.3) is 11.8 Å². The first kappa shape index (κ1) is 14.0. The SMILES string of the molecule is COc1cccc(CCC(=O)ON2C(=O)CCC2=O)c1. The second kappa shape index (κ2) is 6.18. The van der Waals surface area contributed by atoms with E-state index in [2.05, 4.69) is 0 Å². The van der Waals surface area contributed by atoms with Gasteiger partial charge in [0.1, 0.15) is 5.75 Å². The van der Waals surface area contributed by atoms with E-state index < -0.39 is 17.8 Å². The molecule has 1 aliphatic heterocycles. The normalized spacial score (nSPS) is 14.6. The van der Waals surface area contributed by atoms with Crippen molar-refractivity contribution in [1.29, 1.82) is 0 Å². The van der Waals surface area contributed by atoms with Crippen LogP contribution in [0.5, 0.6) is 5.75 Å². The summed E-state index contributed by atoms with van der Waals surface area (Å²) in [6.07, 6.45) is 0.737. The van der Waals surface area contributed by atoms with Gasteiger partial charge in [0.2, 0.25) is 0 Å². The molecule has 1 aromatic carbocycles. The quantitative estimate of drug-likeness (QED) is 0.757. The van der Waals surface area contributed by atoms with Crippen molar-refractivity contribution in [2.75, 3.05) is 7.11 Å². The van der Waals surface area contributed by atoms with Crippen LogP contribution in [-0.2, 0) is 25.6 Å². The van der Waals surface area contributed by atoms with Crippen molar-refractivity contribution < 1.29 is 24.0 Å². The summed E-state index contributed by atoms with van der Waals surface area (Å²) in [5, 5.41) is 0.563. The number of hydrogen-bond acceptors (Lipinski definition) is 5. The van der Waals surface area contributed by atoms with Gasteiger partial charge in [0, 0.05) is 12.8 Å². The van der Waals surface area contributed by atoms with E-state index in [0.717, 1.165) is 5.56 Å². The van der Waals surface area contributed by atoms with Crippen molar-refractivity contribution in [3.05, 3.63) is 29.8 Å². The van der Waals surface area contributed by atoms with Crippen LogP contribution >= 0.6 is 0 Å². The number of carbonyl (C=O) groups is 3. The van der Waals surface area contributed by atoms with Crippen molar-refractivity contribution in [3.8, 4) is 5.75 Å². The topological polar surface area (TPSA) is 72.9 Å². The summed E-state index contributed by atoms with van der Waals surface area (Å²) in [6.45, 7) is 0. The fourth-order valence-electron chi connectivity index (χ4n) is 1.88. The van der Waals surface area contributed by atoms with Crippen LogP contribution < -0.4 is 4.74 Å². The molecule has 0 N–H and O–H groups in total. The minimum atomic E-state index is -0.601. The molecule has 2 amide bonds. The molecule has 6 nitrogen and oxygen atoms in total. The molecule has 0 radical (unpaired) electrons. The maximum atomic E-state index is 11.6. The van der Waals surface area contributed by atoms with Crippen LogP contribution in [0, 0.1) is 0 Å². The standard InChI is InChI=1S/C14H15NO5/c1-19-11-4-2-3-10(9-11)5-8-14(18)20-15-12(16)6-7-13(15)17/h2-4,9H,5-8H2,1H3. The molecule has 0 spiro atoms. The summed E-state index contributed by atoms with van der Waals surface area (Å²) in [5.41, 5.74) is 0.917. The summed E-state index contributed by atoms with van der Waals surface area (Å²) >= 11 is 0. The average molecular weight is 277 g/mol. The molecule has 0 unspecified atom stereocenters. The zero-order chi connectivity index (χ0) is 14.5. The Balaban J connectivity index is 1.86. The molecular weight excluding hydrogens is 262 g/mol. The summed E-state index contributed by atoms with van der Waals surface area (Å²) in [7, 11) is 1.57. The lowest BCUT2D eigenvalue weighted by molar-refractivity contribution is -0.197. The predicted octanol–water partition coefficient (Wildman–Crippen LogP) is 1.24. The van der Waals surface area contributed by atoms with Crippen molar-refractivity contribution in [2.24, 2.45) is 0 Å². The van der Waals surface area contributed by atoms with E-state index in [1.807, 2.05) is 24.3 Å². The highest BCUT2D eigenvalue weighted by molar-refractivity contribution is 6.01. The zero-order valence-electron chi connectivity index (χ0n) is 11.1.